The molecule has 0 aromatic heterocycles. The minimum absolute atomic E-state index is 0.120. The molecule has 10 nitrogen and oxygen atoms in total. The SMILES string of the molecule is CC(C)C[C@H](NC(=O)C(C)(C)NC(=O)COc1ccc2c(c1)Nc1ccccc1S2)C(=O)N[C@H]1CCOC1O. The Morgan fingerprint density at radius 1 is 1.15 bits per heavy atom. The van der Waals surface area contributed by atoms with Crippen LogP contribution >= 0.6 is 11.8 Å². The van der Waals surface area contributed by atoms with Crippen LogP contribution in [0.1, 0.15) is 40.5 Å². The molecule has 210 valence electrons. The molecule has 2 aliphatic heterocycles. The van der Waals surface area contributed by atoms with Crippen LogP contribution < -0.4 is 26.0 Å². The first-order chi connectivity index (χ1) is 18.5. The molecule has 0 aliphatic carbocycles. The number of hydrogen-bond donors (Lipinski definition) is 5. The fourth-order valence-corrected chi connectivity index (χ4v) is 5.31. The Morgan fingerprint density at radius 3 is 2.62 bits per heavy atom. The van der Waals surface area contributed by atoms with Gasteiger partial charge in [-0.25, -0.2) is 0 Å². The predicted molar refractivity (Wildman–Crippen MR) is 148 cm³/mol. The van der Waals surface area contributed by atoms with Crippen molar-refractivity contribution in [2.24, 2.45) is 5.92 Å². The number of ether oxygens (including phenoxy) is 2. The molecule has 1 fully saturated rings. The van der Waals surface area contributed by atoms with E-state index in [4.69, 9.17) is 9.47 Å². The summed E-state index contributed by atoms with van der Waals surface area (Å²) >= 11 is 1.66. The highest BCUT2D eigenvalue weighted by Gasteiger charge is 2.35. The summed E-state index contributed by atoms with van der Waals surface area (Å²) in [6.07, 6.45) is -0.187. The molecule has 39 heavy (non-hydrogen) atoms. The van der Waals surface area contributed by atoms with Crippen molar-refractivity contribution in [3.05, 3.63) is 42.5 Å². The standard InChI is InChI=1S/C28H36N4O6S/c1-16(2)13-21(25(34)30-19-11-12-37-26(19)35)31-27(36)28(3,4)32-24(33)15-38-17-9-10-23-20(14-17)29-18-7-5-6-8-22(18)39-23/h5-10,14,16,19,21,26,29,35H,11-13,15H2,1-4H3,(H,30,34)(H,31,36)(H,32,33)/t19-,21-,26?/m0/s1. The molecule has 2 aliphatic rings. The van der Waals surface area contributed by atoms with Crippen molar-refractivity contribution in [1.29, 1.82) is 0 Å². The third-order valence-corrected chi connectivity index (χ3v) is 7.59. The van der Waals surface area contributed by atoms with Crippen LogP contribution in [0.15, 0.2) is 52.3 Å². The van der Waals surface area contributed by atoms with E-state index in [0.717, 1.165) is 21.2 Å². The van der Waals surface area contributed by atoms with Crippen molar-refractivity contribution in [1.82, 2.24) is 16.0 Å². The van der Waals surface area contributed by atoms with Crippen molar-refractivity contribution < 1.29 is 29.0 Å². The van der Waals surface area contributed by atoms with Gasteiger partial charge in [-0.3, -0.25) is 14.4 Å². The lowest BCUT2D eigenvalue weighted by Gasteiger charge is -2.29. The van der Waals surface area contributed by atoms with Gasteiger partial charge in [-0.2, -0.15) is 0 Å². The fourth-order valence-electron chi connectivity index (χ4n) is 4.34. The minimum atomic E-state index is -1.30. The van der Waals surface area contributed by atoms with E-state index >= 15 is 0 Å². The summed E-state index contributed by atoms with van der Waals surface area (Å²) in [5, 5.41) is 21.4. The van der Waals surface area contributed by atoms with Gasteiger partial charge in [0.2, 0.25) is 11.8 Å². The maximum atomic E-state index is 13.1. The van der Waals surface area contributed by atoms with Crippen LogP contribution in [-0.4, -0.2) is 60.0 Å². The Balaban J connectivity index is 1.31. The van der Waals surface area contributed by atoms with E-state index in [1.54, 1.807) is 31.7 Å². The van der Waals surface area contributed by atoms with Crippen LogP contribution in [0.3, 0.4) is 0 Å². The number of para-hydroxylation sites is 1. The monoisotopic (exact) mass is 556 g/mol. The number of carbonyl (C=O) groups is 3. The van der Waals surface area contributed by atoms with Crippen molar-refractivity contribution in [2.45, 2.75) is 74.2 Å². The molecule has 0 saturated carbocycles. The Bertz CT molecular complexity index is 1220. The highest BCUT2D eigenvalue weighted by Crippen LogP contribution is 2.44. The second kappa shape index (κ2) is 12.3. The second-order valence-corrected chi connectivity index (χ2v) is 11.7. The first-order valence-electron chi connectivity index (χ1n) is 13.0. The van der Waals surface area contributed by atoms with Crippen molar-refractivity contribution in [3.63, 3.8) is 0 Å². The average molecular weight is 557 g/mol. The zero-order valence-electron chi connectivity index (χ0n) is 22.6. The smallest absolute Gasteiger partial charge is 0.258 e. The van der Waals surface area contributed by atoms with E-state index in [-0.39, 0.29) is 12.5 Å². The van der Waals surface area contributed by atoms with Gasteiger partial charge in [0.25, 0.3) is 5.91 Å². The first kappa shape index (κ1) is 28.7. The third kappa shape index (κ3) is 7.43. The van der Waals surface area contributed by atoms with Crippen LogP contribution in [0.2, 0.25) is 0 Å². The zero-order chi connectivity index (χ0) is 28.2. The third-order valence-electron chi connectivity index (χ3n) is 6.44. The van der Waals surface area contributed by atoms with E-state index in [9.17, 15) is 19.5 Å². The average Bonchev–Trinajstić information content (AvgIpc) is 3.29. The van der Waals surface area contributed by atoms with Gasteiger partial charge in [0.15, 0.2) is 12.9 Å². The summed E-state index contributed by atoms with van der Waals surface area (Å²) in [6.45, 7) is 7.08. The molecular formula is C28H36N4O6S. The predicted octanol–water partition coefficient (Wildman–Crippen LogP) is 2.92. The lowest BCUT2D eigenvalue weighted by Crippen LogP contribution is -2.60. The van der Waals surface area contributed by atoms with Gasteiger partial charge in [-0.15, -0.1) is 0 Å². The maximum absolute atomic E-state index is 13.1. The molecule has 11 heteroatoms. The number of carbonyl (C=O) groups excluding carboxylic acids is 3. The molecule has 1 saturated heterocycles. The lowest BCUT2D eigenvalue weighted by molar-refractivity contribution is -0.136. The van der Waals surface area contributed by atoms with Crippen molar-refractivity contribution in [3.8, 4) is 5.75 Å². The van der Waals surface area contributed by atoms with Crippen LogP contribution in [0, 0.1) is 5.92 Å². The second-order valence-electron chi connectivity index (χ2n) is 10.7. The largest absolute Gasteiger partial charge is 0.484 e. The minimum Gasteiger partial charge on any atom is -0.484 e. The summed E-state index contributed by atoms with van der Waals surface area (Å²) in [5.74, 6) is -0.746. The molecular weight excluding hydrogens is 520 g/mol. The van der Waals surface area contributed by atoms with Gasteiger partial charge < -0.3 is 35.8 Å². The normalized spacial score (nSPS) is 18.8. The number of nitrogens with one attached hydrogen (secondary N) is 4. The van der Waals surface area contributed by atoms with E-state index in [0.29, 0.717) is 25.2 Å². The number of fused-ring (bicyclic) bond motifs is 2. The topological polar surface area (TPSA) is 138 Å². The van der Waals surface area contributed by atoms with Crippen LogP contribution in [0.25, 0.3) is 0 Å². The number of rotatable bonds is 10. The molecule has 2 aromatic rings. The zero-order valence-corrected chi connectivity index (χ0v) is 23.4. The molecule has 5 N–H and O–H groups in total. The molecule has 0 spiro atoms. The molecule has 4 rings (SSSR count). The van der Waals surface area contributed by atoms with Gasteiger partial charge in [-0.05, 0) is 56.9 Å². The van der Waals surface area contributed by atoms with Crippen molar-refractivity contribution in [2.75, 3.05) is 18.5 Å². The van der Waals surface area contributed by atoms with Crippen molar-refractivity contribution >= 4 is 40.9 Å². The number of benzene rings is 2. The quantitative estimate of drug-likeness (QED) is 0.257. The van der Waals surface area contributed by atoms with Gasteiger partial charge in [-0.1, -0.05) is 37.7 Å². The summed E-state index contributed by atoms with van der Waals surface area (Å²) in [4.78, 5) is 40.9. The Labute approximate surface area is 232 Å². The van der Waals surface area contributed by atoms with Gasteiger partial charge in [0.05, 0.1) is 24.0 Å². The molecule has 3 atom stereocenters. The molecule has 1 unspecified atom stereocenters. The van der Waals surface area contributed by atoms with Gasteiger partial charge in [0.1, 0.15) is 17.3 Å². The fraction of sp³-hybridized carbons (Fsp3) is 0.464. The Kier molecular flexibility index (Phi) is 9.04. The highest BCUT2D eigenvalue weighted by molar-refractivity contribution is 7.99. The van der Waals surface area contributed by atoms with Gasteiger partial charge in [0, 0.05) is 15.9 Å². The van der Waals surface area contributed by atoms with Gasteiger partial charge >= 0.3 is 0 Å². The summed E-state index contributed by atoms with van der Waals surface area (Å²) in [6, 6.07) is 12.2. The number of aliphatic hydroxyl groups is 1. The van der Waals surface area contributed by atoms with E-state index < -0.39 is 41.6 Å². The number of aliphatic hydroxyl groups excluding tert-OH is 1. The maximum Gasteiger partial charge on any atom is 0.258 e. The molecule has 0 bridgehead atoms. The van der Waals surface area contributed by atoms with Crippen LogP contribution in [0.5, 0.6) is 5.75 Å². The highest BCUT2D eigenvalue weighted by atomic mass is 32.2. The molecule has 2 aromatic carbocycles. The Morgan fingerprint density at radius 2 is 1.90 bits per heavy atom. The molecule has 3 amide bonds. The Hall–Kier alpha value is -3.28. The number of anilines is 2. The number of hydrogen-bond acceptors (Lipinski definition) is 8. The first-order valence-corrected chi connectivity index (χ1v) is 13.9. The van der Waals surface area contributed by atoms with Crippen LogP contribution in [0.4, 0.5) is 11.4 Å². The van der Waals surface area contributed by atoms with Crippen LogP contribution in [-0.2, 0) is 19.1 Å². The lowest BCUT2D eigenvalue weighted by atomic mass is 9.99. The van der Waals surface area contributed by atoms with E-state index in [1.807, 2.05) is 44.2 Å². The summed E-state index contributed by atoms with van der Waals surface area (Å²) < 4.78 is 10.8. The summed E-state index contributed by atoms with van der Waals surface area (Å²) in [5.41, 5.74) is 0.598. The van der Waals surface area contributed by atoms with E-state index in [1.165, 1.54) is 0 Å². The molecule has 0 radical (unpaired) electrons. The van der Waals surface area contributed by atoms with E-state index in [2.05, 4.69) is 27.3 Å². The molecule has 2 heterocycles. The number of amides is 3. The summed E-state index contributed by atoms with van der Waals surface area (Å²) in [7, 11) is 0.